The molecule has 0 aliphatic rings. The molecule has 7 rings (SSSR count). The van der Waals surface area contributed by atoms with Crippen LogP contribution in [0.3, 0.4) is 0 Å². The summed E-state index contributed by atoms with van der Waals surface area (Å²) in [7, 11) is 0. The molecule has 0 saturated carbocycles. The number of hydrogen-bond donors (Lipinski definition) is 0. The van der Waals surface area contributed by atoms with Gasteiger partial charge in [0.05, 0.1) is 34.2 Å². The van der Waals surface area contributed by atoms with Crippen molar-refractivity contribution in [2.24, 2.45) is 0 Å². The molecule has 0 amide bonds. The van der Waals surface area contributed by atoms with Crippen LogP contribution in [0.1, 0.15) is 11.1 Å². The Balaban J connectivity index is 1.57. The predicted octanol–water partition coefficient (Wildman–Crippen LogP) is 8.68. The number of rotatable bonds is 6. The molecule has 7 aromatic rings. The van der Waals surface area contributed by atoms with E-state index in [-0.39, 0.29) is 0 Å². The lowest BCUT2D eigenvalue weighted by Crippen LogP contribution is -2.04. The fraction of sp³-hybridized carbons (Fsp3) is 0.0526. The Morgan fingerprint density at radius 2 is 0.773 bits per heavy atom. The summed E-state index contributed by atoms with van der Waals surface area (Å²) in [6.45, 7) is 4.30. The number of nitrogens with zero attached hydrogens (tertiary/aromatic N) is 6. The van der Waals surface area contributed by atoms with Gasteiger partial charge in [-0.15, -0.1) is 0 Å². The summed E-state index contributed by atoms with van der Waals surface area (Å²) < 4.78 is 0. The molecule has 0 radical (unpaired) electrons. The van der Waals surface area contributed by atoms with Gasteiger partial charge in [0, 0.05) is 70.6 Å². The summed E-state index contributed by atoms with van der Waals surface area (Å²) in [6, 6.07) is 32.2. The van der Waals surface area contributed by atoms with Crippen LogP contribution in [0.25, 0.3) is 67.5 Å². The smallest absolute Gasteiger partial charge is 0.0725 e. The molecule has 6 aromatic heterocycles. The average molecular weight is 569 g/mol. The minimum Gasteiger partial charge on any atom is -0.264 e. The number of pyridine rings is 6. The predicted molar refractivity (Wildman–Crippen MR) is 175 cm³/mol. The standard InChI is InChI=1S/C38H28N6/c1-25-35(31-13-3-5-21-41-31)37(33-17-7-15-29(43-33)27-11-9-19-39-23-27)26(2)38(36(25)32-14-4-6-22-42-32)34-18-8-16-30(44-34)28-12-10-20-40-24-28/h3-24H,1-2H3. The SMILES string of the molecule is Cc1c(-c2ccccn2)c(-c2cccc(-c3cccnc3)n2)c(C)c(-c2cccc(-c3cccnc3)n2)c1-c1ccccn1. The van der Waals surface area contributed by atoms with Crippen LogP contribution in [0.5, 0.6) is 0 Å². The second kappa shape index (κ2) is 11.8. The molecule has 1 aromatic carbocycles. The van der Waals surface area contributed by atoms with Gasteiger partial charge < -0.3 is 0 Å². The van der Waals surface area contributed by atoms with E-state index in [0.29, 0.717) is 0 Å². The highest BCUT2D eigenvalue weighted by Crippen LogP contribution is 2.47. The second-order valence-electron chi connectivity index (χ2n) is 10.5. The lowest BCUT2D eigenvalue weighted by molar-refractivity contribution is 1.23. The third-order valence-electron chi connectivity index (χ3n) is 7.77. The molecule has 0 saturated heterocycles. The van der Waals surface area contributed by atoms with Crippen LogP contribution in [-0.2, 0) is 0 Å². The first kappa shape index (κ1) is 27.0. The monoisotopic (exact) mass is 568 g/mol. The molecular formula is C38H28N6. The summed E-state index contributed by atoms with van der Waals surface area (Å²) >= 11 is 0. The van der Waals surface area contributed by atoms with Crippen LogP contribution in [0.15, 0.2) is 134 Å². The highest BCUT2D eigenvalue weighted by atomic mass is 14.8. The van der Waals surface area contributed by atoms with Crippen LogP contribution in [0.2, 0.25) is 0 Å². The molecule has 0 aliphatic carbocycles. The topological polar surface area (TPSA) is 77.3 Å². The molecule has 6 heterocycles. The Hall–Kier alpha value is -5.88. The van der Waals surface area contributed by atoms with Crippen molar-refractivity contribution in [3.8, 4) is 67.5 Å². The lowest BCUT2D eigenvalue weighted by Gasteiger charge is -2.24. The highest BCUT2D eigenvalue weighted by molar-refractivity contribution is 5.98. The Bertz CT molecular complexity index is 1920. The maximum Gasteiger partial charge on any atom is 0.0725 e. The Morgan fingerprint density at radius 1 is 0.364 bits per heavy atom. The Labute approximate surface area is 256 Å². The van der Waals surface area contributed by atoms with Crippen molar-refractivity contribution in [3.05, 3.63) is 145 Å². The van der Waals surface area contributed by atoms with Gasteiger partial charge in [-0.1, -0.05) is 24.3 Å². The molecule has 0 aliphatic heterocycles. The summed E-state index contributed by atoms with van der Waals surface area (Å²) in [5.74, 6) is 0. The molecule has 6 nitrogen and oxygen atoms in total. The van der Waals surface area contributed by atoms with E-state index in [9.17, 15) is 0 Å². The molecule has 0 spiro atoms. The van der Waals surface area contributed by atoms with Crippen molar-refractivity contribution in [3.63, 3.8) is 0 Å². The quantitative estimate of drug-likeness (QED) is 0.200. The third kappa shape index (κ3) is 5.03. The molecule has 0 unspecified atom stereocenters. The van der Waals surface area contributed by atoms with E-state index in [2.05, 4.69) is 60.2 Å². The summed E-state index contributed by atoms with van der Waals surface area (Å²) in [4.78, 5) is 28.7. The van der Waals surface area contributed by atoms with E-state index in [1.54, 1.807) is 12.4 Å². The molecule has 210 valence electrons. The van der Waals surface area contributed by atoms with Crippen molar-refractivity contribution >= 4 is 0 Å². The first-order valence-electron chi connectivity index (χ1n) is 14.4. The van der Waals surface area contributed by atoms with E-state index in [1.165, 1.54) is 0 Å². The fourth-order valence-electron chi connectivity index (χ4n) is 5.80. The van der Waals surface area contributed by atoms with Crippen LogP contribution < -0.4 is 0 Å². The highest BCUT2D eigenvalue weighted by Gasteiger charge is 2.26. The normalized spacial score (nSPS) is 11.0. The number of benzene rings is 1. The Morgan fingerprint density at radius 3 is 1.16 bits per heavy atom. The van der Waals surface area contributed by atoms with Gasteiger partial charge in [-0.2, -0.15) is 0 Å². The van der Waals surface area contributed by atoms with Gasteiger partial charge in [-0.25, -0.2) is 9.97 Å². The largest absolute Gasteiger partial charge is 0.264 e. The van der Waals surface area contributed by atoms with Crippen LogP contribution in [0.4, 0.5) is 0 Å². The van der Waals surface area contributed by atoms with Crippen molar-refractivity contribution < 1.29 is 0 Å². The molecular weight excluding hydrogens is 540 g/mol. The van der Waals surface area contributed by atoms with Gasteiger partial charge in [0.15, 0.2) is 0 Å². The van der Waals surface area contributed by atoms with Gasteiger partial charge in [0.25, 0.3) is 0 Å². The summed E-state index contributed by atoms with van der Waals surface area (Å²) in [5.41, 5.74) is 13.2. The zero-order chi connectivity index (χ0) is 29.9. The lowest BCUT2D eigenvalue weighted by atomic mass is 9.82. The van der Waals surface area contributed by atoms with Crippen LogP contribution >= 0.6 is 0 Å². The van der Waals surface area contributed by atoms with E-state index in [4.69, 9.17) is 19.9 Å². The van der Waals surface area contributed by atoms with Crippen molar-refractivity contribution in [2.45, 2.75) is 13.8 Å². The van der Waals surface area contributed by atoms with Crippen molar-refractivity contribution in [1.82, 2.24) is 29.9 Å². The number of aromatic nitrogens is 6. The van der Waals surface area contributed by atoms with Crippen LogP contribution in [-0.4, -0.2) is 29.9 Å². The average Bonchev–Trinajstić information content (AvgIpc) is 3.10. The van der Waals surface area contributed by atoms with Gasteiger partial charge in [-0.3, -0.25) is 19.9 Å². The van der Waals surface area contributed by atoms with Crippen molar-refractivity contribution in [2.75, 3.05) is 0 Å². The van der Waals surface area contributed by atoms with Gasteiger partial charge in [-0.05, 0) is 97.8 Å². The first-order chi connectivity index (χ1) is 21.7. The van der Waals surface area contributed by atoms with Gasteiger partial charge in [0.1, 0.15) is 0 Å². The van der Waals surface area contributed by atoms with E-state index in [1.807, 2.05) is 85.5 Å². The zero-order valence-electron chi connectivity index (χ0n) is 24.4. The summed E-state index contributed by atoms with van der Waals surface area (Å²) in [5, 5.41) is 0. The first-order valence-corrected chi connectivity index (χ1v) is 14.4. The van der Waals surface area contributed by atoms with Gasteiger partial charge >= 0.3 is 0 Å². The maximum absolute atomic E-state index is 5.19. The molecule has 0 bridgehead atoms. The van der Waals surface area contributed by atoms with Gasteiger partial charge in [0.2, 0.25) is 0 Å². The zero-order valence-corrected chi connectivity index (χ0v) is 24.4. The third-order valence-corrected chi connectivity index (χ3v) is 7.77. The molecule has 6 heteroatoms. The van der Waals surface area contributed by atoms with E-state index >= 15 is 0 Å². The second-order valence-corrected chi connectivity index (χ2v) is 10.5. The molecule has 0 atom stereocenters. The Kier molecular flexibility index (Phi) is 7.22. The molecule has 0 fully saturated rings. The van der Waals surface area contributed by atoms with Crippen molar-refractivity contribution in [1.29, 1.82) is 0 Å². The van der Waals surface area contributed by atoms with Crippen LogP contribution in [0, 0.1) is 13.8 Å². The molecule has 44 heavy (non-hydrogen) atoms. The minimum atomic E-state index is 0.852. The van der Waals surface area contributed by atoms with E-state index < -0.39 is 0 Å². The maximum atomic E-state index is 5.19. The fourth-order valence-corrected chi connectivity index (χ4v) is 5.80. The summed E-state index contributed by atoms with van der Waals surface area (Å²) in [6.07, 6.45) is 10.9. The minimum absolute atomic E-state index is 0.852. The van der Waals surface area contributed by atoms with E-state index in [0.717, 1.165) is 78.7 Å². The number of hydrogen-bond acceptors (Lipinski definition) is 6. The molecule has 0 N–H and O–H groups in total.